The van der Waals surface area contributed by atoms with Gasteiger partial charge in [-0.3, -0.25) is 4.79 Å². The second-order valence-corrected chi connectivity index (χ2v) is 11.2. The number of nitrogens with one attached hydrogen (secondary N) is 3. The van der Waals surface area contributed by atoms with Gasteiger partial charge in [-0.25, -0.2) is 4.98 Å². The van der Waals surface area contributed by atoms with Crippen LogP contribution in [0.3, 0.4) is 0 Å². The van der Waals surface area contributed by atoms with Gasteiger partial charge in [-0.05, 0) is 68.2 Å². The second-order valence-electron chi connectivity index (χ2n) is 8.67. The highest BCUT2D eigenvalue weighted by atomic mass is 32.2. The number of carbonyl (C=O) groups is 1. The first-order valence-corrected chi connectivity index (χ1v) is 14.3. The highest BCUT2D eigenvalue weighted by Crippen LogP contribution is 2.31. The lowest BCUT2D eigenvalue weighted by atomic mass is 9.94. The highest BCUT2D eigenvalue weighted by molar-refractivity contribution is 7.87. The fourth-order valence-electron chi connectivity index (χ4n) is 4.00. The molecule has 6 N–H and O–H groups in total. The maximum Gasteiger partial charge on any atom is 0.339 e. The van der Waals surface area contributed by atoms with Crippen LogP contribution >= 0.6 is 11.3 Å². The van der Waals surface area contributed by atoms with Gasteiger partial charge in [0.05, 0.1) is 36.5 Å². The van der Waals surface area contributed by atoms with E-state index in [1.54, 1.807) is 30.3 Å². The van der Waals surface area contributed by atoms with Crippen molar-refractivity contribution in [2.24, 2.45) is 5.92 Å². The van der Waals surface area contributed by atoms with E-state index in [1.165, 1.54) is 23.5 Å². The van der Waals surface area contributed by atoms with Gasteiger partial charge in [0.15, 0.2) is 5.13 Å². The topological polar surface area (TPSA) is 146 Å². The largest absolute Gasteiger partial charge is 0.391 e. The summed E-state index contributed by atoms with van der Waals surface area (Å²) in [7, 11) is -4.01. The average Bonchev–Trinajstić information content (AvgIpc) is 3.26. The molecule has 10 nitrogen and oxygen atoms in total. The lowest BCUT2D eigenvalue weighted by molar-refractivity contribution is -0.653. The van der Waals surface area contributed by atoms with Gasteiger partial charge in [0.2, 0.25) is 5.91 Å². The van der Waals surface area contributed by atoms with Gasteiger partial charge in [-0.2, -0.15) is 8.42 Å². The summed E-state index contributed by atoms with van der Waals surface area (Å²) in [6.07, 6.45) is 2.46. The van der Waals surface area contributed by atoms with E-state index in [2.05, 4.69) is 20.9 Å². The molecule has 2 heterocycles. The van der Waals surface area contributed by atoms with Gasteiger partial charge in [0.1, 0.15) is 10.6 Å². The number of anilines is 2. The SMILES string of the molecule is O=C(CC1CCNCC1)Nc1nc2ccc(OS(=O)(=O)c3ccc(NCC[NH2+]CCO)cc3)cc2s1. The minimum Gasteiger partial charge on any atom is -0.391 e. The first kappa shape index (κ1) is 26.3. The number of amides is 1. The number of carbonyl (C=O) groups excluding carboxylic acids is 1. The monoisotopic (exact) mass is 534 g/mol. The van der Waals surface area contributed by atoms with Crippen LogP contribution in [0.15, 0.2) is 47.4 Å². The standard InChI is InChI=1S/C24H31N5O5S2/c30-14-13-26-11-12-27-18-1-4-20(5-2-18)36(32,33)34-19-3-6-21-22(16-19)35-24(28-21)29-23(31)15-17-7-9-25-10-8-17/h1-6,16-17,25-27,30H,7-15H2,(H,28,29,31)/p+1. The normalized spacial score (nSPS) is 14.6. The summed E-state index contributed by atoms with van der Waals surface area (Å²) in [4.78, 5) is 16.9. The second kappa shape index (κ2) is 12.5. The molecule has 194 valence electrons. The summed E-state index contributed by atoms with van der Waals surface area (Å²) in [6, 6.07) is 11.2. The highest BCUT2D eigenvalue weighted by Gasteiger charge is 2.19. The Balaban J connectivity index is 1.35. The number of fused-ring (bicyclic) bond motifs is 1. The molecule has 36 heavy (non-hydrogen) atoms. The third-order valence-corrected chi connectivity index (χ3v) is 8.09. The van der Waals surface area contributed by atoms with Crippen molar-refractivity contribution in [2.75, 3.05) is 50.0 Å². The van der Waals surface area contributed by atoms with Gasteiger partial charge in [0.25, 0.3) is 0 Å². The smallest absolute Gasteiger partial charge is 0.339 e. The summed E-state index contributed by atoms with van der Waals surface area (Å²) in [5, 5.41) is 20.6. The number of nitrogens with two attached hydrogens (primary N) is 1. The molecule has 0 spiro atoms. The van der Waals surface area contributed by atoms with E-state index < -0.39 is 10.1 Å². The predicted octanol–water partition coefficient (Wildman–Crippen LogP) is 1.36. The Morgan fingerprint density at radius 1 is 1.17 bits per heavy atom. The minimum absolute atomic E-state index is 0.0511. The number of hydrogen-bond acceptors (Lipinski definition) is 9. The quantitative estimate of drug-likeness (QED) is 0.173. The number of aliphatic hydroxyl groups is 1. The van der Waals surface area contributed by atoms with Crippen LogP contribution in [-0.2, 0) is 14.9 Å². The third-order valence-electron chi connectivity index (χ3n) is 5.90. The number of aliphatic hydroxyl groups excluding tert-OH is 1. The molecule has 3 aromatic rings. The Bertz CT molecular complexity index is 1260. The molecule has 0 saturated carbocycles. The molecule has 4 rings (SSSR count). The average molecular weight is 535 g/mol. The van der Waals surface area contributed by atoms with Crippen LogP contribution in [0.4, 0.5) is 10.8 Å². The maximum atomic E-state index is 12.8. The molecular weight excluding hydrogens is 502 g/mol. The molecule has 1 aromatic heterocycles. The molecule has 2 aromatic carbocycles. The summed E-state index contributed by atoms with van der Waals surface area (Å²) in [5.74, 6) is 0.507. The Morgan fingerprint density at radius 2 is 1.94 bits per heavy atom. The van der Waals surface area contributed by atoms with Crippen LogP contribution in [0, 0.1) is 5.92 Å². The number of benzene rings is 2. The van der Waals surface area contributed by atoms with Crippen molar-refractivity contribution in [3.05, 3.63) is 42.5 Å². The van der Waals surface area contributed by atoms with Gasteiger partial charge in [0, 0.05) is 18.2 Å². The van der Waals surface area contributed by atoms with Crippen molar-refractivity contribution < 1.29 is 27.8 Å². The summed E-state index contributed by atoms with van der Waals surface area (Å²) in [6.45, 7) is 4.16. The Labute approximate surface area is 214 Å². The van der Waals surface area contributed by atoms with Crippen LogP contribution in [0.25, 0.3) is 10.2 Å². The molecule has 1 fully saturated rings. The molecule has 1 saturated heterocycles. The zero-order chi connectivity index (χ0) is 25.4. The fourth-order valence-corrected chi connectivity index (χ4v) is 5.83. The number of nitrogens with zero attached hydrogens (tertiary/aromatic N) is 1. The van der Waals surface area contributed by atoms with E-state index in [0.717, 1.165) is 42.9 Å². The van der Waals surface area contributed by atoms with E-state index in [0.29, 0.717) is 36.1 Å². The lowest BCUT2D eigenvalue weighted by Gasteiger charge is -2.21. The summed E-state index contributed by atoms with van der Waals surface area (Å²) in [5.41, 5.74) is 1.46. The van der Waals surface area contributed by atoms with Crippen molar-refractivity contribution in [1.82, 2.24) is 10.3 Å². The predicted molar refractivity (Wildman–Crippen MR) is 140 cm³/mol. The minimum atomic E-state index is -4.01. The van der Waals surface area contributed by atoms with E-state index in [1.807, 2.05) is 5.32 Å². The van der Waals surface area contributed by atoms with Crippen LogP contribution in [-0.4, -0.2) is 63.7 Å². The fraction of sp³-hybridized carbons (Fsp3) is 0.417. The molecule has 0 aliphatic carbocycles. The molecule has 1 aliphatic heterocycles. The van der Waals surface area contributed by atoms with E-state index >= 15 is 0 Å². The Morgan fingerprint density at radius 3 is 2.69 bits per heavy atom. The van der Waals surface area contributed by atoms with E-state index in [-0.39, 0.29) is 23.2 Å². The zero-order valence-corrected chi connectivity index (χ0v) is 21.5. The van der Waals surface area contributed by atoms with Crippen molar-refractivity contribution >= 4 is 48.4 Å². The molecule has 1 amide bonds. The van der Waals surface area contributed by atoms with Crippen LogP contribution in [0.2, 0.25) is 0 Å². The third kappa shape index (κ3) is 7.37. The van der Waals surface area contributed by atoms with Crippen molar-refractivity contribution in [3.63, 3.8) is 0 Å². The molecule has 1 aliphatic rings. The molecule has 0 atom stereocenters. The van der Waals surface area contributed by atoms with Gasteiger partial charge in [-0.1, -0.05) is 11.3 Å². The number of rotatable bonds is 12. The maximum absolute atomic E-state index is 12.8. The van der Waals surface area contributed by atoms with Crippen molar-refractivity contribution in [2.45, 2.75) is 24.2 Å². The van der Waals surface area contributed by atoms with Crippen LogP contribution in [0.1, 0.15) is 19.3 Å². The number of piperidine rings is 1. The van der Waals surface area contributed by atoms with Gasteiger partial charge in [-0.15, -0.1) is 0 Å². The van der Waals surface area contributed by atoms with Crippen LogP contribution < -0.4 is 25.5 Å². The lowest BCUT2D eigenvalue weighted by Crippen LogP contribution is -2.86. The Hall–Kier alpha value is -2.77. The number of hydrogen-bond donors (Lipinski definition) is 5. The molecule has 0 unspecified atom stereocenters. The van der Waals surface area contributed by atoms with Gasteiger partial charge < -0.3 is 30.6 Å². The summed E-state index contributed by atoms with van der Waals surface area (Å²) >= 11 is 1.28. The van der Waals surface area contributed by atoms with Crippen molar-refractivity contribution in [1.29, 1.82) is 0 Å². The summed E-state index contributed by atoms with van der Waals surface area (Å²) < 4.78 is 31.6. The van der Waals surface area contributed by atoms with E-state index in [4.69, 9.17) is 9.29 Å². The van der Waals surface area contributed by atoms with Crippen molar-refractivity contribution in [3.8, 4) is 5.75 Å². The van der Waals surface area contributed by atoms with Gasteiger partial charge >= 0.3 is 10.1 Å². The van der Waals surface area contributed by atoms with Crippen LogP contribution in [0.5, 0.6) is 5.75 Å². The number of aromatic nitrogens is 1. The molecule has 12 heteroatoms. The molecule has 0 bridgehead atoms. The zero-order valence-electron chi connectivity index (χ0n) is 19.9. The number of thiazole rings is 1. The first-order chi connectivity index (χ1) is 17.4. The number of quaternary nitrogens is 1. The van der Waals surface area contributed by atoms with E-state index in [9.17, 15) is 13.2 Å². The molecule has 0 radical (unpaired) electrons. The molecular formula is C24H32N5O5S2+. The first-order valence-electron chi connectivity index (χ1n) is 12.0. The Kier molecular flexibility index (Phi) is 9.10.